The maximum absolute atomic E-state index is 6.23. The molecule has 2 aliphatic rings. The summed E-state index contributed by atoms with van der Waals surface area (Å²) in [5, 5.41) is 0. The molecule has 2 rings (SSSR count). The molecule has 0 aromatic carbocycles. The third-order valence-corrected chi connectivity index (χ3v) is 4.03. The van der Waals surface area contributed by atoms with E-state index in [2.05, 4.69) is 26.8 Å². The topological polar surface area (TPSA) is 9.23 Å². The summed E-state index contributed by atoms with van der Waals surface area (Å²) in [5.74, 6) is 0.735. The van der Waals surface area contributed by atoms with E-state index in [1.165, 1.54) is 19.3 Å². The van der Waals surface area contributed by atoms with Gasteiger partial charge in [0.1, 0.15) is 0 Å². The second-order valence-corrected chi connectivity index (χ2v) is 4.85. The number of ether oxygens (including phenoxy) is 1. The zero-order valence-electron chi connectivity index (χ0n) is 9.68. The van der Waals surface area contributed by atoms with E-state index in [1.54, 1.807) is 5.57 Å². The van der Waals surface area contributed by atoms with Gasteiger partial charge in [0.05, 0.1) is 11.7 Å². The third kappa shape index (κ3) is 1.42. The van der Waals surface area contributed by atoms with Crippen molar-refractivity contribution in [3.05, 3.63) is 11.6 Å². The Morgan fingerprint density at radius 1 is 1.50 bits per heavy atom. The van der Waals surface area contributed by atoms with Gasteiger partial charge in [-0.25, -0.2) is 0 Å². The van der Waals surface area contributed by atoms with Gasteiger partial charge in [-0.15, -0.1) is 0 Å². The van der Waals surface area contributed by atoms with Crippen LogP contribution in [0.3, 0.4) is 0 Å². The van der Waals surface area contributed by atoms with Gasteiger partial charge in [0.2, 0.25) is 0 Å². The Hall–Kier alpha value is -0.300. The van der Waals surface area contributed by atoms with Crippen molar-refractivity contribution in [1.82, 2.24) is 0 Å². The molecule has 0 spiro atoms. The first kappa shape index (κ1) is 10.2. The monoisotopic (exact) mass is 194 g/mol. The van der Waals surface area contributed by atoms with Crippen LogP contribution in [0.15, 0.2) is 11.6 Å². The predicted molar refractivity (Wildman–Crippen MR) is 59.3 cm³/mol. The van der Waals surface area contributed by atoms with Gasteiger partial charge in [0, 0.05) is 5.92 Å². The minimum Gasteiger partial charge on any atom is -0.367 e. The summed E-state index contributed by atoms with van der Waals surface area (Å²) in [5.41, 5.74) is 1.67. The molecule has 3 atom stereocenters. The standard InChI is InChI=1S/C13H22O/c1-4-12-10-8-6-7-9-11(10)13(3,5-2)14-12/h9-10,12H,4-8H2,1-3H3. The highest BCUT2D eigenvalue weighted by Crippen LogP contribution is 2.47. The van der Waals surface area contributed by atoms with Crippen LogP contribution in [0.5, 0.6) is 0 Å². The zero-order valence-corrected chi connectivity index (χ0v) is 9.68. The van der Waals surface area contributed by atoms with Crippen molar-refractivity contribution in [3.8, 4) is 0 Å². The van der Waals surface area contributed by atoms with Crippen LogP contribution in [0.2, 0.25) is 0 Å². The van der Waals surface area contributed by atoms with E-state index < -0.39 is 0 Å². The van der Waals surface area contributed by atoms with Crippen molar-refractivity contribution >= 4 is 0 Å². The summed E-state index contributed by atoms with van der Waals surface area (Å²) in [6, 6.07) is 0. The molecule has 14 heavy (non-hydrogen) atoms. The van der Waals surface area contributed by atoms with Gasteiger partial charge in [-0.1, -0.05) is 19.9 Å². The summed E-state index contributed by atoms with van der Waals surface area (Å²) < 4.78 is 6.23. The van der Waals surface area contributed by atoms with Gasteiger partial charge in [0.15, 0.2) is 0 Å². The number of allylic oxidation sites excluding steroid dienone is 1. The minimum atomic E-state index is 0.0613. The summed E-state index contributed by atoms with van der Waals surface area (Å²) in [4.78, 5) is 0. The molecule has 1 aliphatic heterocycles. The zero-order chi connectivity index (χ0) is 10.2. The second-order valence-electron chi connectivity index (χ2n) is 4.85. The van der Waals surface area contributed by atoms with Crippen LogP contribution in [0, 0.1) is 5.92 Å². The Balaban J connectivity index is 2.28. The molecule has 1 aliphatic carbocycles. The highest BCUT2D eigenvalue weighted by molar-refractivity contribution is 5.26. The lowest BCUT2D eigenvalue weighted by molar-refractivity contribution is -0.0274. The molecule has 0 saturated carbocycles. The molecule has 1 heterocycles. The quantitative estimate of drug-likeness (QED) is 0.609. The maximum Gasteiger partial charge on any atom is 0.0868 e. The number of fused-ring (bicyclic) bond motifs is 1. The molecule has 0 aromatic heterocycles. The molecule has 1 fully saturated rings. The third-order valence-electron chi connectivity index (χ3n) is 4.03. The van der Waals surface area contributed by atoms with Crippen molar-refractivity contribution in [2.75, 3.05) is 0 Å². The second kappa shape index (κ2) is 3.69. The van der Waals surface area contributed by atoms with E-state index in [1.807, 2.05) is 0 Å². The SMILES string of the molecule is CCC1OC(C)(CC)C2=CCCCC21. The fraction of sp³-hybridized carbons (Fsp3) is 0.846. The van der Waals surface area contributed by atoms with Gasteiger partial charge in [0.25, 0.3) is 0 Å². The number of hydrogen-bond acceptors (Lipinski definition) is 1. The Morgan fingerprint density at radius 3 is 2.93 bits per heavy atom. The van der Waals surface area contributed by atoms with Gasteiger partial charge >= 0.3 is 0 Å². The number of rotatable bonds is 2. The average Bonchev–Trinajstić information content (AvgIpc) is 2.54. The average molecular weight is 194 g/mol. The largest absolute Gasteiger partial charge is 0.367 e. The Bertz CT molecular complexity index is 244. The highest BCUT2D eigenvalue weighted by Gasteiger charge is 2.45. The first-order chi connectivity index (χ1) is 6.71. The first-order valence-electron chi connectivity index (χ1n) is 6.09. The van der Waals surface area contributed by atoms with Gasteiger partial charge in [-0.2, -0.15) is 0 Å². The molecule has 0 bridgehead atoms. The lowest BCUT2D eigenvalue weighted by Gasteiger charge is -2.26. The van der Waals surface area contributed by atoms with Crippen molar-refractivity contribution < 1.29 is 4.74 Å². The fourth-order valence-corrected chi connectivity index (χ4v) is 3.04. The molecule has 3 unspecified atom stereocenters. The van der Waals surface area contributed by atoms with E-state index in [0.29, 0.717) is 6.10 Å². The molecule has 1 saturated heterocycles. The Morgan fingerprint density at radius 2 is 2.29 bits per heavy atom. The van der Waals surface area contributed by atoms with E-state index in [9.17, 15) is 0 Å². The molecule has 80 valence electrons. The van der Waals surface area contributed by atoms with E-state index in [-0.39, 0.29) is 5.60 Å². The van der Waals surface area contributed by atoms with Gasteiger partial charge < -0.3 is 4.74 Å². The molecule has 0 radical (unpaired) electrons. The van der Waals surface area contributed by atoms with Crippen LogP contribution in [-0.2, 0) is 4.74 Å². The predicted octanol–water partition coefficient (Wildman–Crippen LogP) is 3.69. The Kier molecular flexibility index (Phi) is 2.70. The van der Waals surface area contributed by atoms with Crippen molar-refractivity contribution in [2.45, 2.75) is 64.6 Å². The van der Waals surface area contributed by atoms with Crippen LogP contribution >= 0.6 is 0 Å². The molecule has 0 N–H and O–H groups in total. The minimum absolute atomic E-state index is 0.0613. The normalized spacial score (nSPS) is 42.1. The van der Waals surface area contributed by atoms with Crippen LogP contribution in [0.4, 0.5) is 0 Å². The molecular formula is C13H22O. The molecule has 1 nitrogen and oxygen atoms in total. The van der Waals surface area contributed by atoms with Crippen LogP contribution in [-0.4, -0.2) is 11.7 Å². The lowest BCUT2D eigenvalue weighted by Crippen LogP contribution is -2.25. The van der Waals surface area contributed by atoms with Crippen molar-refractivity contribution in [1.29, 1.82) is 0 Å². The van der Waals surface area contributed by atoms with Gasteiger partial charge in [-0.3, -0.25) is 0 Å². The summed E-state index contributed by atoms with van der Waals surface area (Å²) >= 11 is 0. The summed E-state index contributed by atoms with van der Waals surface area (Å²) in [6.45, 7) is 6.76. The smallest absolute Gasteiger partial charge is 0.0868 e. The van der Waals surface area contributed by atoms with Crippen LogP contribution in [0.1, 0.15) is 52.9 Å². The van der Waals surface area contributed by atoms with Crippen molar-refractivity contribution in [3.63, 3.8) is 0 Å². The molecular weight excluding hydrogens is 172 g/mol. The number of hydrogen-bond donors (Lipinski definition) is 0. The molecule has 1 heteroatoms. The molecule has 0 aromatic rings. The maximum atomic E-state index is 6.23. The van der Waals surface area contributed by atoms with Crippen LogP contribution < -0.4 is 0 Å². The van der Waals surface area contributed by atoms with Gasteiger partial charge in [-0.05, 0) is 44.6 Å². The van der Waals surface area contributed by atoms with Crippen LogP contribution in [0.25, 0.3) is 0 Å². The van der Waals surface area contributed by atoms with E-state index in [0.717, 1.165) is 18.8 Å². The van der Waals surface area contributed by atoms with E-state index >= 15 is 0 Å². The summed E-state index contributed by atoms with van der Waals surface area (Å²) in [6.07, 6.45) is 9.19. The van der Waals surface area contributed by atoms with Crippen molar-refractivity contribution in [2.24, 2.45) is 5.92 Å². The van der Waals surface area contributed by atoms with E-state index in [4.69, 9.17) is 4.74 Å². The summed E-state index contributed by atoms with van der Waals surface area (Å²) in [7, 11) is 0. The Labute approximate surface area is 87.5 Å². The fourth-order valence-electron chi connectivity index (χ4n) is 3.04. The molecule has 0 amide bonds. The highest BCUT2D eigenvalue weighted by atomic mass is 16.5. The first-order valence-corrected chi connectivity index (χ1v) is 6.09. The lowest BCUT2D eigenvalue weighted by atomic mass is 9.78.